The predicted octanol–water partition coefficient (Wildman–Crippen LogP) is 3.95. The standard InChI is InChI=1S/C21H27NO2/c1-22-14-6-9-19(22)16-24-21-11-4-3-8-18(21)13-12-17-7-5-10-20(15-17)23-2/h3-5,7-8,10-11,15,19H,6,9,12-14,16H2,1-2H3/t19-/m1/s1. The van der Waals surface area contributed by atoms with Crippen LogP contribution in [0.3, 0.4) is 0 Å². The molecule has 2 aromatic rings. The zero-order valence-electron chi connectivity index (χ0n) is 14.7. The number of likely N-dealkylation sites (N-methyl/N-ethyl adjacent to an activating group) is 1. The highest BCUT2D eigenvalue weighted by atomic mass is 16.5. The van der Waals surface area contributed by atoms with Crippen LogP contribution in [0.4, 0.5) is 0 Å². The molecule has 0 amide bonds. The van der Waals surface area contributed by atoms with Crippen molar-refractivity contribution in [1.82, 2.24) is 4.90 Å². The molecule has 1 heterocycles. The van der Waals surface area contributed by atoms with Crippen molar-refractivity contribution in [2.24, 2.45) is 0 Å². The molecule has 1 atom stereocenters. The van der Waals surface area contributed by atoms with E-state index in [0.717, 1.165) is 30.9 Å². The van der Waals surface area contributed by atoms with Crippen LogP contribution in [0.15, 0.2) is 48.5 Å². The number of hydrogen-bond acceptors (Lipinski definition) is 3. The van der Waals surface area contributed by atoms with Crippen molar-refractivity contribution >= 4 is 0 Å². The average molecular weight is 325 g/mol. The van der Waals surface area contributed by atoms with Crippen LogP contribution in [0.1, 0.15) is 24.0 Å². The maximum absolute atomic E-state index is 6.16. The Morgan fingerprint density at radius 2 is 1.96 bits per heavy atom. The molecular formula is C21H27NO2. The van der Waals surface area contributed by atoms with Crippen LogP contribution in [-0.4, -0.2) is 38.3 Å². The van der Waals surface area contributed by atoms with Gasteiger partial charge in [-0.2, -0.15) is 0 Å². The molecule has 0 bridgehead atoms. The summed E-state index contributed by atoms with van der Waals surface area (Å²) >= 11 is 0. The Hall–Kier alpha value is -2.00. The SMILES string of the molecule is COc1cccc(CCc2ccccc2OC[C@H]2CCCN2C)c1. The van der Waals surface area contributed by atoms with Crippen molar-refractivity contribution in [2.45, 2.75) is 31.7 Å². The quantitative estimate of drug-likeness (QED) is 0.769. The fourth-order valence-electron chi connectivity index (χ4n) is 3.33. The molecule has 0 radical (unpaired) electrons. The minimum atomic E-state index is 0.552. The van der Waals surface area contributed by atoms with Gasteiger partial charge in [-0.15, -0.1) is 0 Å². The minimum Gasteiger partial charge on any atom is -0.497 e. The number of ether oxygens (including phenoxy) is 2. The Labute approximate surface area is 145 Å². The second-order valence-corrected chi connectivity index (χ2v) is 6.55. The van der Waals surface area contributed by atoms with Crippen LogP contribution >= 0.6 is 0 Å². The highest BCUT2D eigenvalue weighted by molar-refractivity contribution is 5.35. The summed E-state index contributed by atoms with van der Waals surface area (Å²) in [6.45, 7) is 1.97. The Kier molecular flexibility index (Phi) is 5.76. The Morgan fingerprint density at radius 1 is 1.08 bits per heavy atom. The van der Waals surface area contributed by atoms with Gasteiger partial charge in [0.25, 0.3) is 0 Å². The van der Waals surface area contributed by atoms with E-state index in [1.165, 1.54) is 30.5 Å². The first kappa shape index (κ1) is 16.8. The molecule has 0 unspecified atom stereocenters. The summed E-state index contributed by atoms with van der Waals surface area (Å²) in [5.74, 6) is 1.95. The van der Waals surface area contributed by atoms with Crippen LogP contribution in [0.25, 0.3) is 0 Å². The van der Waals surface area contributed by atoms with E-state index >= 15 is 0 Å². The van der Waals surface area contributed by atoms with Gasteiger partial charge in [-0.25, -0.2) is 0 Å². The van der Waals surface area contributed by atoms with Gasteiger partial charge < -0.3 is 14.4 Å². The second kappa shape index (κ2) is 8.20. The van der Waals surface area contributed by atoms with Gasteiger partial charge in [0, 0.05) is 6.04 Å². The molecule has 0 aromatic heterocycles. The van der Waals surface area contributed by atoms with Crippen molar-refractivity contribution in [2.75, 3.05) is 27.3 Å². The zero-order chi connectivity index (χ0) is 16.8. The Morgan fingerprint density at radius 3 is 2.75 bits per heavy atom. The first-order chi connectivity index (χ1) is 11.8. The number of benzene rings is 2. The van der Waals surface area contributed by atoms with E-state index in [1.807, 2.05) is 12.1 Å². The molecule has 0 N–H and O–H groups in total. The number of methoxy groups -OCH3 is 1. The lowest BCUT2D eigenvalue weighted by molar-refractivity contribution is 0.197. The first-order valence-electron chi connectivity index (χ1n) is 8.80. The monoisotopic (exact) mass is 325 g/mol. The normalized spacial score (nSPS) is 17.8. The van der Waals surface area contributed by atoms with Gasteiger partial charge in [0.05, 0.1) is 7.11 Å². The lowest BCUT2D eigenvalue weighted by atomic mass is 10.0. The van der Waals surface area contributed by atoms with E-state index in [4.69, 9.17) is 9.47 Å². The van der Waals surface area contributed by atoms with Gasteiger partial charge in [0.2, 0.25) is 0 Å². The largest absolute Gasteiger partial charge is 0.497 e. The summed E-state index contributed by atoms with van der Waals surface area (Å²) in [6, 6.07) is 17.3. The van der Waals surface area contributed by atoms with Gasteiger partial charge in [0.15, 0.2) is 0 Å². The highest BCUT2D eigenvalue weighted by Gasteiger charge is 2.21. The number of para-hydroxylation sites is 1. The molecule has 0 saturated carbocycles. The number of aryl methyl sites for hydroxylation is 2. The molecule has 128 valence electrons. The Balaban J connectivity index is 1.61. The van der Waals surface area contributed by atoms with Crippen molar-refractivity contribution in [3.8, 4) is 11.5 Å². The van der Waals surface area contributed by atoms with E-state index in [0.29, 0.717) is 6.04 Å². The number of likely N-dealkylation sites (tertiary alicyclic amines) is 1. The fraction of sp³-hybridized carbons (Fsp3) is 0.429. The van der Waals surface area contributed by atoms with E-state index in [9.17, 15) is 0 Å². The summed E-state index contributed by atoms with van der Waals surface area (Å²) in [5, 5.41) is 0. The minimum absolute atomic E-state index is 0.552. The maximum atomic E-state index is 6.16. The third-order valence-electron chi connectivity index (χ3n) is 4.89. The molecule has 24 heavy (non-hydrogen) atoms. The number of hydrogen-bond donors (Lipinski definition) is 0. The van der Waals surface area contributed by atoms with Gasteiger partial charge in [-0.3, -0.25) is 0 Å². The molecule has 1 aliphatic rings. The van der Waals surface area contributed by atoms with Crippen molar-refractivity contribution in [1.29, 1.82) is 0 Å². The molecule has 1 aliphatic heterocycles. The fourth-order valence-corrected chi connectivity index (χ4v) is 3.33. The molecule has 3 nitrogen and oxygen atoms in total. The van der Waals surface area contributed by atoms with Gasteiger partial charge in [-0.1, -0.05) is 30.3 Å². The van der Waals surface area contributed by atoms with Crippen LogP contribution in [0.5, 0.6) is 11.5 Å². The summed E-state index contributed by atoms with van der Waals surface area (Å²) in [6.07, 6.45) is 4.48. The first-order valence-corrected chi connectivity index (χ1v) is 8.80. The lowest BCUT2D eigenvalue weighted by Crippen LogP contribution is -2.30. The lowest BCUT2D eigenvalue weighted by Gasteiger charge is -2.20. The van der Waals surface area contributed by atoms with Crippen LogP contribution in [0, 0.1) is 0 Å². The highest BCUT2D eigenvalue weighted by Crippen LogP contribution is 2.23. The summed E-state index contributed by atoms with van der Waals surface area (Å²) in [4.78, 5) is 2.40. The van der Waals surface area contributed by atoms with E-state index < -0.39 is 0 Å². The smallest absolute Gasteiger partial charge is 0.122 e. The number of rotatable bonds is 7. The summed E-state index contributed by atoms with van der Waals surface area (Å²) in [5.41, 5.74) is 2.57. The van der Waals surface area contributed by atoms with Crippen LogP contribution in [-0.2, 0) is 12.8 Å². The average Bonchev–Trinajstić information content (AvgIpc) is 3.04. The van der Waals surface area contributed by atoms with Gasteiger partial charge in [0.1, 0.15) is 18.1 Å². The Bertz CT molecular complexity index is 656. The maximum Gasteiger partial charge on any atom is 0.122 e. The molecule has 3 rings (SSSR count). The van der Waals surface area contributed by atoms with Crippen molar-refractivity contribution in [3.05, 3.63) is 59.7 Å². The third kappa shape index (κ3) is 4.30. The second-order valence-electron chi connectivity index (χ2n) is 6.55. The van der Waals surface area contributed by atoms with Crippen LogP contribution < -0.4 is 9.47 Å². The van der Waals surface area contributed by atoms with Crippen molar-refractivity contribution < 1.29 is 9.47 Å². The topological polar surface area (TPSA) is 21.7 Å². The molecule has 0 aliphatic carbocycles. The molecule has 1 saturated heterocycles. The van der Waals surface area contributed by atoms with Gasteiger partial charge >= 0.3 is 0 Å². The zero-order valence-corrected chi connectivity index (χ0v) is 14.7. The van der Waals surface area contributed by atoms with Gasteiger partial charge in [-0.05, 0) is 68.6 Å². The summed E-state index contributed by atoms with van der Waals surface area (Å²) in [7, 11) is 3.90. The van der Waals surface area contributed by atoms with E-state index in [-0.39, 0.29) is 0 Å². The molecule has 3 heteroatoms. The molecular weight excluding hydrogens is 298 g/mol. The molecule has 2 aromatic carbocycles. The van der Waals surface area contributed by atoms with Crippen LogP contribution in [0.2, 0.25) is 0 Å². The third-order valence-corrected chi connectivity index (χ3v) is 4.89. The van der Waals surface area contributed by atoms with E-state index in [2.05, 4.69) is 48.3 Å². The number of nitrogens with zero attached hydrogens (tertiary/aromatic N) is 1. The van der Waals surface area contributed by atoms with E-state index in [1.54, 1.807) is 7.11 Å². The predicted molar refractivity (Wildman–Crippen MR) is 98.0 cm³/mol. The summed E-state index contributed by atoms with van der Waals surface area (Å²) < 4.78 is 11.5. The molecule has 1 fully saturated rings. The molecule has 0 spiro atoms. The van der Waals surface area contributed by atoms with Crippen molar-refractivity contribution in [3.63, 3.8) is 0 Å².